The summed E-state index contributed by atoms with van der Waals surface area (Å²) >= 11 is 0. The van der Waals surface area contributed by atoms with Gasteiger partial charge in [0.2, 0.25) is 5.91 Å². The molecule has 0 aliphatic rings. The van der Waals surface area contributed by atoms with Gasteiger partial charge < -0.3 is 15.4 Å². The molecule has 2 N–H and O–H groups in total. The number of ether oxygens (including phenoxy) is 1. The summed E-state index contributed by atoms with van der Waals surface area (Å²) in [6.45, 7) is 2.75. The Morgan fingerprint density at radius 2 is 2.22 bits per heavy atom. The van der Waals surface area contributed by atoms with Gasteiger partial charge in [0.1, 0.15) is 11.6 Å². The fourth-order valence-electron chi connectivity index (χ4n) is 1.41. The number of hydrogen-bond donors (Lipinski definition) is 2. The number of halogens is 1. The van der Waals surface area contributed by atoms with Crippen LogP contribution in [0.15, 0.2) is 18.2 Å². The number of benzene rings is 1. The van der Waals surface area contributed by atoms with Gasteiger partial charge in [0, 0.05) is 12.6 Å². The molecule has 0 heterocycles. The van der Waals surface area contributed by atoms with E-state index in [1.807, 2.05) is 0 Å². The lowest BCUT2D eigenvalue weighted by molar-refractivity contribution is -0.119. The van der Waals surface area contributed by atoms with Crippen molar-refractivity contribution >= 4 is 11.6 Å². The van der Waals surface area contributed by atoms with Crippen molar-refractivity contribution in [3.05, 3.63) is 24.0 Å². The summed E-state index contributed by atoms with van der Waals surface area (Å²) in [7, 11) is 1.51. The van der Waals surface area contributed by atoms with E-state index in [0.717, 1.165) is 12.8 Å². The molecule has 4 nitrogen and oxygen atoms in total. The average molecular weight is 254 g/mol. The van der Waals surface area contributed by atoms with Crippen LogP contribution in [-0.2, 0) is 4.79 Å². The molecule has 0 aliphatic heterocycles. The molecule has 0 bridgehead atoms. The second-order valence-electron chi connectivity index (χ2n) is 3.90. The van der Waals surface area contributed by atoms with Gasteiger partial charge in [0.05, 0.1) is 19.3 Å². The van der Waals surface area contributed by atoms with Crippen molar-refractivity contribution in [3.8, 4) is 5.75 Å². The number of rotatable bonds is 7. The molecule has 0 unspecified atom stereocenters. The van der Waals surface area contributed by atoms with Crippen LogP contribution >= 0.6 is 0 Å². The molecule has 0 saturated carbocycles. The predicted octanol–water partition coefficient (Wildman–Crippen LogP) is 2.16. The maximum absolute atomic E-state index is 13.4. The lowest BCUT2D eigenvalue weighted by atomic mass is 10.3. The molecule has 100 valence electrons. The lowest BCUT2D eigenvalue weighted by Crippen LogP contribution is -2.30. The smallest absolute Gasteiger partial charge is 0.239 e. The number of anilines is 1. The summed E-state index contributed by atoms with van der Waals surface area (Å²) in [5, 5.41) is 5.49. The van der Waals surface area contributed by atoms with Gasteiger partial charge in [-0.3, -0.25) is 4.79 Å². The Hall–Kier alpha value is -1.78. The largest absolute Gasteiger partial charge is 0.497 e. The summed E-state index contributed by atoms with van der Waals surface area (Å²) in [6.07, 6.45) is 1.97. The normalized spacial score (nSPS) is 9.94. The molecule has 1 aromatic rings. The highest BCUT2D eigenvalue weighted by Crippen LogP contribution is 2.20. The van der Waals surface area contributed by atoms with Crippen LogP contribution in [0.25, 0.3) is 0 Å². The second kappa shape index (κ2) is 7.53. The zero-order valence-corrected chi connectivity index (χ0v) is 10.8. The Balaban J connectivity index is 2.45. The van der Waals surface area contributed by atoms with E-state index >= 15 is 0 Å². The van der Waals surface area contributed by atoms with E-state index in [2.05, 4.69) is 17.6 Å². The molecule has 0 saturated heterocycles. The fraction of sp³-hybridized carbons (Fsp3) is 0.462. The summed E-state index contributed by atoms with van der Waals surface area (Å²) in [6, 6.07) is 4.35. The summed E-state index contributed by atoms with van der Waals surface area (Å²) in [5.74, 6) is -0.00637. The maximum atomic E-state index is 13.4. The van der Waals surface area contributed by atoms with Gasteiger partial charge in [-0.05, 0) is 18.6 Å². The quantitative estimate of drug-likeness (QED) is 0.733. The molecule has 5 heteroatoms. The van der Waals surface area contributed by atoms with Gasteiger partial charge >= 0.3 is 0 Å². The Morgan fingerprint density at radius 1 is 1.44 bits per heavy atom. The molecule has 1 rings (SSSR count). The number of hydrogen-bond acceptors (Lipinski definition) is 3. The average Bonchev–Trinajstić information content (AvgIpc) is 2.38. The van der Waals surface area contributed by atoms with Crippen LogP contribution < -0.4 is 15.4 Å². The van der Waals surface area contributed by atoms with E-state index in [0.29, 0.717) is 12.3 Å². The molecule has 1 aromatic carbocycles. The highest BCUT2D eigenvalue weighted by atomic mass is 19.1. The number of carbonyl (C=O) groups excluding carboxylic acids is 1. The lowest BCUT2D eigenvalue weighted by Gasteiger charge is -2.09. The molecular weight excluding hydrogens is 235 g/mol. The summed E-state index contributed by atoms with van der Waals surface area (Å²) in [5.41, 5.74) is 0.264. The minimum Gasteiger partial charge on any atom is -0.497 e. The third-order valence-corrected chi connectivity index (χ3v) is 2.47. The third kappa shape index (κ3) is 4.61. The summed E-state index contributed by atoms with van der Waals surface area (Å²) < 4.78 is 18.4. The van der Waals surface area contributed by atoms with Crippen molar-refractivity contribution < 1.29 is 13.9 Å². The Kier molecular flexibility index (Phi) is 5.97. The number of methoxy groups -OCH3 is 1. The first kappa shape index (κ1) is 14.3. The first-order chi connectivity index (χ1) is 8.67. The molecule has 0 spiro atoms. The number of carbonyl (C=O) groups is 1. The van der Waals surface area contributed by atoms with Gasteiger partial charge in [0.25, 0.3) is 0 Å². The Labute approximate surface area is 107 Å². The van der Waals surface area contributed by atoms with E-state index in [4.69, 9.17) is 4.74 Å². The predicted molar refractivity (Wildman–Crippen MR) is 69.4 cm³/mol. The van der Waals surface area contributed by atoms with Crippen LogP contribution in [0.5, 0.6) is 5.75 Å². The first-order valence-corrected chi connectivity index (χ1v) is 6.01. The van der Waals surface area contributed by atoms with Gasteiger partial charge in [-0.2, -0.15) is 0 Å². The van der Waals surface area contributed by atoms with Crippen molar-refractivity contribution in [1.29, 1.82) is 0 Å². The Bertz CT molecular complexity index is 397. The standard InChI is InChI=1S/C13H19FN2O2/c1-3-4-7-15-13(17)9-16-12-8-10(18-2)5-6-11(12)14/h5-6,8,16H,3-4,7,9H2,1-2H3,(H,15,17). The van der Waals surface area contributed by atoms with Crippen LogP contribution in [0, 0.1) is 5.82 Å². The fourth-order valence-corrected chi connectivity index (χ4v) is 1.41. The molecule has 0 atom stereocenters. The topological polar surface area (TPSA) is 50.4 Å². The van der Waals surface area contributed by atoms with Crippen LogP contribution in [-0.4, -0.2) is 26.1 Å². The van der Waals surface area contributed by atoms with Gasteiger partial charge in [-0.1, -0.05) is 13.3 Å². The molecule has 1 amide bonds. The van der Waals surface area contributed by atoms with Gasteiger partial charge in [-0.25, -0.2) is 4.39 Å². The third-order valence-electron chi connectivity index (χ3n) is 2.47. The van der Waals surface area contributed by atoms with E-state index in [9.17, 15) is 9.18 Å². The van der Waals surface area contributed by atoms with Crippen LogP contribution in [0.2, 0.25) is 0 Å². The second-order valence-corrected chi connectivity index (χ2v) is 3.90. The molecule has 0 fully saturated rings. The molecule has 0 aliphatic carbocycles. The highest BCUT2D eigenvalue weighted by molar-refractivity contribution is 5.80. The first-order valence-electron chi connectivity index (χ1n) is 6.01. The maximum Gasteiger partial charge on any atom is 0.239 e. The van der Waals surface area contributed by atoms with Crippen molar-refractivity contribution in [2.75, 3.05) is 25.5 Å². The summed E-state index contributed by atoms with van der Waals surface area (Å²) in [4.78, 5) is 11.4. The van der Waals surface area contributed by atoms with Crippen LogP contribution in [0.1, 0.15) is 19.8 Å². The highest BCUT2D eigenvalue weighted by Gasteiger charge is 2.06. The van der Waals surface area contributed by atoms with E-state index in [1.165, 1.54) is 25.3 Å². The van der Waals surface area contributed by atoms with Crippen molar-refractivity contribution in [3.63, 3.8) is 0 Å². The SMILES string of the molecule is CCCCNC(=O)CNc1cc(OC)ccc1F. The van der Waals surface area contributed by atoms with Crippen molar-refractivity contribution in [2.24, 2.45) is 0 Å². The molecule has 18 heavy (non-hydrogen) atoms. The zero-order valence-electron chi connectivity index (χ0n) is 10.8. The minimum absolute atomic E-state index is 0.0494. The zero-order chi connectivity index (χ0) is 13.4. The minimum atomic E-state index is -0.405. The van der Waals surface area contributed by atoms with Crippen LogP contribution in [0.4, 0.5) is 10.1 Å². The van der Waals surface area contributed by atoms with Gasteiger partial charge in [-0.15, -0.1) is 0 Å². The van der Waals surface area contributed by atoms with E-state index in [1.54, 1.807) is 0 Å². The molecule has 0 radical (unpaired) electrons. The number of nitrogens with one attached hydrogen (secondary N) is 2. The molecule has 0 aromatic heterocycles. The molecular formula is C13H19FN2O2. The van der Waals surface area contributed by atoms with Gasteiger partial charge in [0.15, 0.2) is 0 Å². The van der Waals surface area contributed by atoms with Crippen molar-refractivity contribution in [2.45, 2.75) is 19.8 Å². The number of amides is 1. The van der Waals surface area contributed by atoms with Crippen molar-refractivity contribution in [1.82, 2.24) is 5.32 Å². The monoisotopic (exact) mass is 254 g/mol. The van der Waals surface area contributed by atoms with E-state index in [-0.39, 0.29) is 18.1 Å². The number of unbranched alkanes of at least 4 members (excludes halogenated alkanes) is 1. The van der Waals surface area contributed by atoms with E-state index < -0.39 is 5.82 Å². The van der Waals surface area contributed by atoms with Crippen LogP contribution in [0.3, 0.4) is 0 Å². The Morgan fingerprint density at radius 3 is 2.89 bits per heavy atom.